The number of aromatic nitrogens is 3. The Hall–Kier alpha value is -2.93. The molecule has 0 aliphatic rings. The molecule has 3 rings (SSSR count). The van der Waals surface area contributed by atoms with Gasteiger partial charge in [0.2, 0.25) is 10.0 Å². The topological polar surface area (TPSA) is 132 Å². The van der Waals surface area contributed by atoms with Crippen LogP contribution in [0, 0.1) is 5.82 Å². The molecular weight excluding hydrogens is 449 g/mol. The molecule has 1 aromatic carbocycles. The van der Waals surface area contributed by atoms with Crippen molar-refractivity contribution in [3.8, 4) is 17.0 Å². The van der Waals surface area contributed by atoms with Crippen molar-refractivity contribution in [2.75, 3.05) is 36.2 Å². The van der Waals surface area contributed by atoms with Gasteiger partial charge in [-0.15, -0.1) is 0 Å². The van der Waals surface area contributed by atoms with Crippen LogP contribution in [0.4, 0.5) is 15.9 Å². The van der Waals surface area contributed by atoms with Gasteiger partial charge in [-0.25, -0.2) is 31.2 Å². The van der Waals surface area contributed by atoms with Gasteiger partial charge in [0, 0.05) is 25.1 Å². The summed E-state index contributed by atoms with van der Waals surface area (Å²) in [5.74, 6) is -0.985. The molecule has 13 heteroatoms. The summed E-state index contributed by atoms with van der Waals surface area (Å²) in [6.45, 7) is 1.71. The molecule has 2 N–H and O–H groups in total. The number of benzene rings is 1. The summed E-state index contributed by atoms with van der Waals surface area (Å²) in [5, 5.41) is 2.58. The number of sulfone groups is 1. The average molecular weight is 472 g/mol. The Bertz CT molecular complexity index is 1350. The number of hydrogen-bond acceptors (Lipinski definition) is 8. The molecule has 0 radical (unpaired) electrons. The first-order chi connectivity index (χ1) is 14.5. The predicted molar refractivity (Wildman–Crippen MR) is 115 cm³/mol. The molecular formula is C18H22FN5O5S2. The fourth-order valence-corrected chi connectivity index (χ4v) is 4.72. The zero-order valence-corrected chi connectivity index (χ0v) is 18.9. The standard InChI is InChI=1S/C18H22FN5O5S2/c1-5-6-31(27,28)23-13-8-11(7-12(19)16(13)29-3)14-9-21-18-17(20-2)22-15(10-24(14)18)30(4,25)26/h7-10,23H,5-6H2,1-4H3,(H,20,22). The molecule has 0 amide bonds. The number of sulfonamides is 1. The Labute approximate surface area is 179 Å². The third kappa shape index (κ3) is 4.56. The Morgan fingerprint density at radius 2 is 1.94 bits per heavy atom. The highest BCUT2D eigenvalue weighted by atomic mass is 32.2. The lowest BCUT2D eigenvalue weighted by molar-refractivity contribution is 0.389. The molecule has 0 saturated heterocycles. The van der Waals surface area contributed by atoms with Crippen LogP contribution in [0.15, 0.2) is 29.6 Å². The van der Waals surface area contributed by atoms with Crippen LogP contribution in [-0.4, -0.2) is 57.4 Å². The third-order valence-corrected chi connectivity index (χ3v) is 6.80. The highest BCUT2D eigenvalue weighted by molar-refractivity contribution is 7.92. The zero-order chi connectivity index (χ0) is 23.0. The Balaban J connectivity index is 2.25. The molecule has 0 bridgehead atoms. The first-order valence-corrected chi connectivity index (χ1v) is 12.7. The molecule has 2 aromatic heterocycles. The van der Waals surface area contributed by atoms with Gasteiger partial charge in [-0.1, -0.05) is 6.92 Å². The Morgan fingerprint density at radius 1 is 1.23 bits per heavy atom. The van der Waals surface area contributed by atoms with Crippen molar-refractivity contribution in [2.24, 2.45) is 0 Å². The Morgan fingerprint density at radius 3 is 2.52 bits per heavy atom. The van der Waals surface area contributed by atoms with Crippen LogP contribution in [0.25, 0.3) is 16.9 Å². The molecule has 168 valence electrons. The number of nitrogens with one attached hydrogen (secondary N) is 2. The predicted octanol–water partition coefficient (Wildman–Crippen LogP) is 2.14. The molecule has 0 aliphatic carbocycles. The number of nitrogens with zero attached hydrogens (tertiary/aromatic N) is 3. The summed E-state index contributed by atoms with van der Waals surface area (Å²) in [6, 6.07) is 2.55. The van der Waals surface area contributed by atoms with Crippen molar-refractivity contribution < 1.29 is 26.0 Å². The molecule has 3 aromatic rings. The van der Waals surface area contributed by atoms with E-state index < -0.39 is 25.7 Å². The molecule has 0 aliphatic heterocycles. The second-order valence-electron chi connectivity index (χ2n) is 6.75. The summed E-state index contributed by atoms with van der Waals surface area (Å²) in [6.07, 6.45) is 4.08. The highest BCUT2D eigenvalue weighted by Crippen LogP contribution is 2.35. The van der Waals surface area contributed by atoms with Crippen molar-refractivity contribution in [2.45, 2.75) is 18.4 Å². The van der Waals surface area contributed by atoms with E-state index in [1.165, 1.54) is 30.0 Å². The van der Waals surface area contributed by atoms with Crippen LogP contribution in [-0.2, 0) is 19.9 Å². The minimum Gasteiger partial charge on any atom is -0.492 e. The maximum Gasteiger partial charge on any atom is 0.232 e. The number of halogens is 1. The van der Waals surface area contributed by atoms with Gasteiger partial charge >= 0.3 is 0 Å². The maximum atomic E-state index is 14.8. The van der Waals surface area contributed by atoms with Crippen molar-refractivity contribution in [1.29, 1.82) is 0 Å². The lowest BCUT2D eigenvalue weighted by atomic mass is 10.1. The molecule has 0 saturated carbocycles. The number of fused-ring (bicyclic) bond motifs is 1. The van der Waals surface area contributed by atoms with E-state index in [4.69, 9.17) is 4.74 Å². The normalized spacial score (nSPS) is 12.2. The molecule has 0 fully saturated rings. The van der Waals surface area contributed by atoms with Crippen molar-refractivity contribution >= 4 is 37.0 Å². The van der Waals surface area contributed by atoms with Crippen LogP contribution in [0.1, 0.15) is 13.3 Å². The number of rotatable bonds is 8. The van der Waals surface area contributed by atoms with E-state index in [2.05, 4.69) is 20.0 Å². The van der Waals surface area contributed by atoms with Crippen molar-refractivity contribution in [3.63, 3.8) is 0 Å². The summed E-state index contributed by atoms with van der Waals surface area (Å²) in [5.41, 5.74) is 0.824. The van der Waals surface area contributed by atoms with Crippen LogP contribution >= 0.6 is 0 Å². The summed E-state index contributed by atoms with van der Waals surface area (Å²) in [4.78, 5) is 8.31. The van der Waals surface area contributed by atoms with Gasteiger partial charge in [-0.05, 0) is 18.6 Å². The summed E-state index contributed by atoms with van der Waals surface area (Å²) >= 11 is 0. The number of methoxy groups -OCH3 is 1. The number of imidazole rings is 1. The quantitative estimate of drug-likeness (QED) is 0.511. The van der Waals surface area contributed by atoms with Crippen LogP contribution in [0.2, 0.25) is 0 Å². The second kappa shape index (κ2) is 8.30. The lowest BCUT2D eigenvalue weighted by Gasteiger charge is -2.14. The van der Waals surface area contributed by atoms with E-state index in [1.54, 1.807) is 14.0 Å². The van der Waals surface area contributed by atoms with E-state index in [9.17, 15) is 21.2 Å². The van der Waals surface area contributed by atoms with Gasteiger partial charge in [0.05, 0.1) is 30.4 Å². The van der Waals surface area contributed by atoms with Gasteiger partial charge in [0.15, 0.2) is 37.9 Å². The number of anilines is 2. The Kier molecular flexibility index (Phi) is 6.09. The number of ether oxygens (including phenoxy) is 1. The molecule has 0 spiro atoms. The first kappa shape index (κ1) is 22.7. The maximum absolute atomic E-state index is 14.8. The van der Waals surface area contributed by atoms with E-state index >= 15 is 0 Å². The minimum absolute atomic E-state index is 0.0767. The highest BCUT2D eigenvalue weighted by Gasteiger charge is 2.21. The van der Waals surface area contributed by atoms with E-state index in [-0.39, 0.29) is 33.6 Å². The van der Waals surface area contributed by atoms with Gasteiger partial charge in [0.1, 0.15) is 0 Å². The fourth-order valence-electron chi connectivity index (χ4n) is 3.04. The molecule has 31 heavy (non-hydrogen) atoms. The van der Waals surface area contributed by atoms with Crippen molar-refractivity contribution in [3.05, 3.63) is 30.3 Å². The molecule has 2 heterocycles. The second-order valence-corrected chi connectivity index (χ2v) is 10.6. The lowest BCUT2D eigenvalue weighted by Crippen LogP contribution is -2.17. The fraction of sp³-hybridized carbons (Fsp3) is 0.333. The minimum atomic E-state index is -3.72. The monoisotopic (exact) mass is 471 g/mol. The third-order valence-electron chi connectivity index (χ3n) is 4.37. The van der Waals surface area contributed by atoms with Crippen molar-refractivity contribution in [1.82, 2.24) is 14.4 Å². The smallest absolute Gasteiger partial charge is 0.232 e. The average Bonchev–Trinajstić information content (AvgIpc) is 3.10. The van der Waals surface area contributed by atoms with E-state index in [0.29, 0.717) is 17.8 Å². The zero-order valence-electron chi connectivity index (χ0n) is 17.3. The van der Waals surface area contributed by atoms with Crippen LogP contribution in [0.5, 0.6) is 5.75 Å². The largest absolute Gasteiger partial charge is 0.492 e. The molecule has 0 unspecified atom stereocenters. The first-order valence-electron chi connectivity index (χ1n) is 9.15. The van der Waals surface area contributed by atoms with Gasteiger partial charge in [-0.3, -0.25) is 9.12 Å². The van der Waals surface area contributed by atoms with Crippen LogP contribution in [0.3, 0.4) is 0 Å². The van der Waals surface area contributed by atoms with Crippen LogP contribution < -0.4 is 14.8 Å². The molecule has 10 nitrogen and oxygen atoms in total. The van der Waals surface area contributed by atoms with Gasteiger partial charge < -0.3 is 10.1 Å². The van der Waals surface area contributed by atoms with E-state index in [1.807, 2.05) is 0 Å². The SMILES string of the molecule is CCCS(=O)(=O)Nc1cc(-c2cnc3c(NC)nc(S(C)(=O)=O)cn23)cc(F)c1OC. The number of hydrogen-bond donors (Lipinski definition) is 2. The van der Waals surface area contributed by atoms with E-state index in [0.717, 1.165) is 12.3 Å². The molecule has 0 atom stereocenters. The van der Waals surface area contributed by atoms with Gasteiger partial charge in [-0.2, -0.15) is 0 Å². The van der Waals surface area contributed by atoms with Gasteiger partial charge in [0.25, 0.3) is 0 Å². The summed E-state index contributed by atoms with van der Waals surface area (Å²) < 4.78 is 72.2. The summed E-state index contributed by atoms with van der Waals surface area (Å²) in [7, 11) is -4.57.